The molecule has 0 heterocycles. The second-order valence-corrected chi connectivity index (χ2v) is 3.59. The van der Waals surface area contributed by atoms with Crippen molar-refractivity contribution < 1.29 is 24.5 Å². The van der Waals surface area contributed by atoms with Gasteiger partial charge in [0.2, 0.25) is 0 Å². The van der Waals surface area contributed by atoms with Gasteiger partial charge in [-0.3, -0.25) is 0 Å². The van der Waals surface area contributed by atoms with Gasteiger partial charge in [-0.2, -0.15) is 0 Å². The molecule has 0 aliphatic carbocycles. The van der Waals surface area contributed by atoms with Gasteiger partial charge in [0.05, 0.1) is 13.2 Å². The Morgan fingerprint density at radius 3 is 2.83 bits per heavy atom. The zero-order valence-corrected chi connectivity index (χ0v) is 10.1. The maximum absolute atomic E-state index is 11.8. The Bertz CT molecular complexity index is 407. The van der Waals surface area contributed by atoms with Crippen LogP contribution in [0.15, 0.2) is 18.2 Å². The van der Waals surface area contributed by atoms with Crippen molar-refractivity contribution >= 4 is 11.7 Å². The van der Waals surface area contributed by atoms with Crippen LogP contribution in [0.2, 0.25) is 0 Å². The lowest BCUT2D eigenvalue weighted by Crippen LogP contribution is -2.22. The van der Waals surface area contributed by atoms with E-state index < -0.39 is 18.7 Å². The zero-order valence-electron chi connectivity index (χ0n) is 10.1. The Kier molecular flexibility index (Phi) is 5.41. The number of esters is 1. The average Bonchev–Trinajstić information content (AvgIpc) is 2.36. The molecule has 1 rings (SSSR count). The summed E-state index contributed by atoms with van der Waals surface area (Å²) in [5.74, 6) is -0.356. The lowest BCUT2D eigenvalue weighted by Gasteiger charge is -2.13. The summed E-state index contributed by atoms with van der Waals surface area (Å²) in [6.07, 6.45) is -1.10. The van der Waals surface area contributed by atoms with Crippen molar-refractivity contribution in [1.82, 2.24) is 0 Å². The number of hydrogen-bond acceptors (Lipinski definition) is 6. The molecule has 18 heavy (non-hydrogen) atoms. The summed E-state index contributed by atoms with van der Waals surface area (Å²) >= 11 is 0. The van der Waals surface area contributed by atoms with Gasteiger partial charge < -0.3 is 25.4 Å². The van der Waals surface area contributed by atoms with E-state index >= 15 is 0 Å². The van der Waals surface area contributed by atoms with E-state index in [0.717, 1.165) is 0 Å². The van der Waals surface area contributed by atoms with Gasteiger partial charge in [-0.15, -0.1) is 0 Å². The first-order valence-electron chi connectivity index (χ1n) is 5.57. The Balaban J connectivity index is 2.83. The highest BCUT2D eigenvalue weighted by Crippen LogP contribution is 2.25. The number of benzene rings is 1. The minimum absolute atomic E-state index is 0.129. The van der Waals surface area contributed by atoms with Crippen LogP contribution < -0.4 is 10.5 Å². The molecule has 100 valence electrons. The summed E-state index contributed by atoms with van der Waals surface area (Å²) in [6.45, 7) is 1.40. The van der Waals surface area contributed by atoms with Crippen molar-refractivity contribution in [3.05, 3.63) is 23.8 Å². The Hall–Kier alpha value is -1.79. The molecule has 6 heteroatoms. The number of carbonyl (C=O) groups excluding carboxylic acids is 1. The average molecular weight is 255 g/mol. The number of hydrogen-bond donors (Lipinski definition) is 3. The number of nitrogen functional groups attached to an aromatic ring is 1. The highest BCUT2D eigenvalue weighted by atomic mass is 16.5. The molecule has 0 radical (unpaired) electrons. The molecule has 0 saturated carbocycles. The summed E-state index contributed by atoms with van der Waals surface area (Å²) in [7, 11) is 0. The van der Waals surface area contributed by atoms with Crippen molar-refractivity contribution in [2.24, 2.45) is 0 Å². The molecule has 0 bridgehead atoms. The molecule has 1 aromatic rings. The Morgan fingerprint density at radius 2 is 2.22 bits per heavy atom. The van der Waals surface area contributed by atoms with Gasteiger partial charge in [0.1, 0.15) is 24.0 Å². The van der Waals surface area contributed by atoms with E-state index in [9.17, 15) is 4.79 Å². The first-order chi connectivity index (χ1) is 8.60. The fourth-order valence-electron chi connectivity index (χ4n) is 1.34. The normalized spacial score (nSPS) is 11.9. The van der Waals surface area contributed by atoms with E-state index in [1.165, 1.54) is 0 Å². The van der Waals surface area contributed by atoms with Gasteiger partial charge in [-0.05, 0) is 19.1 Å². The molecule has 1 unspecified atom stereocenters. The third-order valence-electron chi connectivity index (χ3n) is 2.18. The first kappa shape index (κ1) is 14.3. The van der Waals surface area contributed by atoms with Crippen molar-refractivity contribution in [2.45, 2.75) is 13.0 Å². The molecule has 0 aromatic heterocycles. The van der Waals surface area contributed by atoms with E-state index in [2.05, 4.69) is 0 Å². The van der Waals surface area contributed by atoms with Crippen molar-refractivity contribution in [1.29, 1.82) is 0 Å². The molecule has 1 atom stereocenters. The van der Waals surface area contributed by atoms with E-state index in [1.54, 1.807) is 25.1 Å². The fourth-order valence-corrected chi connectivity index (χ4v) is 1.34. The van der Waals surface area contributed by atoms with Crippen LogP contribution in [-0.4, -0.2) is 42.1 Å². The summed E-state index contributed by atoms with van der Waals surface area (Å²) in [4.78, 5) is 11.8. The van der Waals surface area contributed by atoms with Crippen LogP contribution in [0.25, 0.3) is 0 Å². The molecular formula is C12H17NO5. The number of carbonyl (C=O) groups is 1. The zero-order chi connectivity index (χ0) is 13.5. The highest BCUT2D eigenvalue weighted by molar-refractivity contribution is 5.98. The van der Waals surface area contributed by atoms with Gasteiger partial charge in [0.15, 0.2) is 0 Å². The van der Waals surface area contributed by atoms with E-state index in [0.29, 0.717) is 12.4 Å². The lowest BCUT2D eigenvalue weighted by molar-refractivity contribution is 0.00917. The molecule has 0 spiro atoms. The second kappa shape index (κ2) is 6.83. The van der Waals surface area contributed by atoms with E-state index in [1.807, 2.05) is 0 Å². The van der Waals surface area contributed by atoms with Crippen LogP contribution in [0, 0.1) is 0 Å². The Labute approximate surface area is 105 Å². The summed E-state index contributed by atoms with van der Waals surface area (Å²) < 4.78 is 10.1. The van der Waals surface area contributed by atoms with Gasteiger partial charge in [0, 0.05) is 5.69 Å². The molecule has 0 fully saturated rings. The third-order valence-corrected chi connectivity index (χ3v) is 2.18. The molecule has 0 aliphatic heterocycles. The largest absolute Gasteiger partial charge is 0.493 e. The van der Waals surface area contributed by atoms with Crippen molar-refractivity contribution in [3.63, 3.8) is 0 Å². The van der Waals surface area contributed by atoms with Gasteiger partial charge in [-0.1, -0.05) is 6.07 Å². The van der Waals surface area contributed by atoms with E-state index in [4.69, 9.17) is 25.4 Å². The van der Waals surface area contributed by atoms with Crippen molar-refractivity contribution in [2.75, 3.05) is 25.6 Å². The minimum atomic E-state index is -1.10. The number of aliphatic hydroxyl groups is 2. The van der Waals surface area contributed by atoms with E-state index in [-0.39, 0.29) is 17.9 Å². The van der Waals surface area contributed by atoms with Gasteiger partial charge >= 0.3 is 5.97 Å². The standard InChI is InChI=1S/C12H17NO5/c1-2-17-10-5-3-4-9(13)11(10)12(16)18-7-8(15)6-14/h3-5,8,14-15H,2,6-7,13H2,1H3. The first-order valence-corrected chi connectivity index (χ1v) is 5.57. The van der Waals surface area contributed by atoms with Gasteiger partial charge in [-0.25, -0.2) is 4.79 Å². The van der Waals surface area contributed by atoms with Gasteiger partial charge in [0.25, 0.3) is 0 Å². The molecule has 0 amide bonds. The Morgan fingerprint density at radius 1 is 1.50 bits per heavy atom. The van der Waals surface area contributed by atoms with Crippen LogP contribution in [0.3, 0.4) is 0 Å². The number of anilines is 1. The highest BCUT2D eigenvalue weighted by Gasteiger charge is 2.18. The summed E-state index contributed by atoms with van der Waals surface area (Å²) in [5.41, 5.74) is 6.07. The van der Waals surface area contributed by atoms with Crippen LogP contribution in [0.5, 0.6) is 5.75 Å². The topological polar surface area (TPSA) is 102 Å². The monoisotopic (exact) mass is 255 g/mol. The molecule has 0 aliphatic rings. The number of rotatable bonds is 6. The van der Waals surface area contributed by atoms with Crippen molar-refractivity contribution in [3.8, 4) is 5.75 Å². The molecule has 6 nitrogen and oxygen atoms in total. The summed E-state index contributed by atoms with van der Waals surface area (Å²) in [5, 5.41) is 17.7. The third kappa shape index (κ3) is 3.61. The maximum atomic E-state index is 11.8. The fraction of sp³-hybridized carbons (Fsp3) is 0.417. The number of ether oxygens (including phenoxy) is 2. The molecule has 0 saturated heterocycles. The molecule has 4 N–H and O–H groups in total. The number of aliphatic hydroxyl groups excluding tert-OH is 2. The lowest BCUT2D eigenvalue weighted by atomic mass is 10.1. The smallest absolute Gasteiger partial charge is 0.344 e. The molecule has 1 aromatic carbocycles. The number of nitrogens with two attached hydrogens (primary N) is 1. The summed E-state index contributed by atoms with van der Waals surface area (Å²) in [6, 6.07) is 4.83. The predicted molar refractivity (Wildman–Crippen MR) is 65.4 cm³/mol. The van der Waals surface area contributed by atoms with Crippen LogP contribution in [0.4, 0.5) is 5.69 Å². The van der Waals surface area contributed by atoms with Crippen LogP contribution in [0.1, 0.15) is 17.3 Å². The predicted octanol–water partition coefficient (Wildman–Crippen LogP) is 0.178. The minimum Gasteiger partial charge on any atom is -0.493 e. The molecular weight excluding hydrogens is 238 g/mol. The van der Waals surface area contributed by atoms with Crippen LogP contribution in [-0.2, 0) is 4.74 Å². The second-order valence-electron chi connectivity index (χ2n) is 3.59. The van der Waals surface area contributed by atoms with Crippen LogP contribution >= 0.6 is 0 Å². The maximum Gasteiger partial charge on any atom is 0.344 e. The SMILES string of the molecule is CCOc1cccc(N)c1C(=O)OCC(O)CO. The quantitative estimate of drug-likeness (QED) is 0.495.